The number of methoxy groups -OCH3 is 1. The number of hydrogen-bond donors (Lipinski definition) is 0. The number of halogens is 1. The van der Waals surface area contributed by atoms with Gasteiger partial charge in [0.25, 0.3) is 0 Å². The Balaban J connectivity index is 2.13. The van der Waals surface area contributed by atoms with Gasteiger partial charge in [0.1, 0.15) is 5.75 Å². The largest absolute Gasteiger partial charge is 0.496 e. The minimum Gasteiger partial charge on any atom is -0.496 e. The van der Waals surface area contributed by atoms with E-state index < -0.39 is 0 Å². The molecule has 0 fully saturated rings. The van der Waals surface area contributed by atoms with E-state index in [4.69, 9.17) is 9.72 Å². The van der Waals surface area contributed by atoms with Gasteiger partial charge in [-0.2, -0.15) is 0 Å². The lowest BCUT2D eigenvalue weighted by molar-refractivity contribution is 0.398. The second-order valence-electron chi connectivity index (χ2n) is 16.0. The van der Waals surface area contributed by atoms with Crippen LogP contribution in [-0.2, 0) is 21.7 Å². The molecule has 0 spiro atoms. The highest BCUT2D eigenvalue weighted by Gasteiger charge is 2.28. The molecule has 0 unspecified atom stereocenters. The molecule has 228 valence electrons. The van der Waals surface area contributed by atoms with Crippen molar-refractivity contribution < 1.29 is 4.74 Å². The standard InChI is InChI=1S/C40H50BrNO/c1-37(2,3)28-17-26(18-29(22-28)38(4,5)6)27-20-34(25-15-14-16-31(41)19-25)42-35(21-27)32-23-30(39(7,8)9)24-33(36(32)43-13)40(10,11)12/h14-24H,1-13H3. The molecule has 0 aliphatic rings. The van der Waals surface area contributed by atoms with Gasteiger partial charge in [-0.25, -0.2) is 4.98 Å². The Morgan fingerprint density at radius 3 is 1.53 bits per heavy atom. The minimum atomic E-state index is -0.102. The van der Waals surface area contributed by atoms with E-state index in [9.17, 15) is 0 Å². The molecule has 0 aliphatic heterocycles. The molecule has 0 bridgehead atoms. The third-order valence-electron chi connectivity index (χ3n) is 8.19. The van der Waals surface area contributed by atoms with Gasteiger partial charge in [-0.3, -0.25) is 0 Å². The molecule has 3 heteroatoms. The number of nitrogens with zero attached hydrogens (tertiary/aromatic N) is 1. The van der Waals surface area contributed by atoms with Crippen LogP contribution in [0.15, 0.2) is 71.2 Å². The van der Waals surface area contributed by atoms with Crippen LogP contribution in [0.4, 0.5) is 0 Å². The van der Waals surface area contributed by atoms with Gasteiger partial charge in [0.15, 0.2) is 0 Å². The van der Waals surface area contributed by atoms with Crippen LogP contribution in [0.3, 0.4) is 0 Å². The lowest BCUT2D eigenvalue weighted by Crippen LogP contribution is -2.18. The Morgan fingerprint density at radius 1 is 0.535 bits per heavy atom. The van der Waals surface area contributed by atoms with Crippen LogP contribution in [0, 0.1) is 0 Å². The molecule has 1 heterocycles. The quantitative estimate of drug-likeness (QED) is 0.221. The van der Waals surface area contributed by atoms with Crippen molar-refractivity contribution in [3.05, 3.63) is 93.5 Å². The Morgan fingerprint density at radius 2 is 1.05 bits per heavy atom. The third kappa shape index (κ3) is 7.43. The van der Waals surface area contributed by atoms with E-state index in [1.165, 1.54) is 27.8 Å². The zero-order valence-electron chi connectivity index (χ0n) is 28.6. The number of rotatable bonds is 4. The van der Waals surface area contributed by atoms with E-state index in [0.717, 1.165) is 38.3 Å². The molecule has 4 aromatic rings. The fourth-order valence-corrected chi connectivity index (χ4v) is 5.72. The summed E-state index contributed by atoms with van der Waals surface area (Å²) in [4.78, 5) is 5.34. The summed E-state index contributed by atoms with van der Waals surface area (Å²) in [5, 5.41) is 0. The molecule has 1 aromatic heterocycles. The van der Waals surface area contributed by atoms with E-state index in [2.05, 4.69) is 166 Å². The SMILES string of the molecule is COc1c(-c2cc(-c3cc(C(C)(C)C)cc(C(C)(C)C)c3)cc(-c3cccc(Br)c3)n2)cc(C(C)(C)C)cc1C(C)(C)C. The van der Waals surface area contributed by atoms with Crippen molar-refractivity contribution in [1.29, 1.82) is 0 Å². The molecule has 0 saturated carbocycles. The average molecular weight is 641 g/mol. The minimum absolute atomic E-state index is 0.0187. The van der Waals surface area contributed by atoms with Crippen molar-refractivity contribution >= 4 is 15.9 Å². The number of ether oxygens (including phenoxy) is 1. The van der Waals surface area contributed by atoms with E-state index in [0.29, 0.717) is 0 Å². The van der Waals surface area contributed by atoms with Crippen LogP contribution in [0.5, 0.6) is 5.75 Å². The van der Waals surface area contributed by atoms with Crippen LogP contribution in [-0.4, -0.2) is 12.1 Å². The molecular weight excluding hydrogens is 590 g/mol. The summed E-state index contributed by atoms with van der Waals surface area (Å²) in [6.07, 6.45) is 0. The number of pyridine rings is 1. The maximum absolute atomic E-state index is 6.22. The summed E-state index contributed by atoms with van der Waals surface area (Å²) in [6, 6.07) is 24.6. The molecule has 43 heavy (non-hydrogen) atoms. The van der Waals surface area contributed by atoms with E-state index in [1.807, 2.05) is 0 Å². The summed E-state index contributed by atoms with van der Waals surface area (Å²) in [7, 11) is 1.78. The predicted octanol–water partition coefficient (Wildman–Crippen LogP) is 12.0. The van der Waals surface area contributed by atoms with Crippen molar-refractivity contribution in [1.82, 2.24) is 4.98 Å². The van der Waals surface area contributed by atoms with Crippen LogP contribution < -0.4 is 4.74 Å². The first kappa shape index (κ1) is 33.0. The Hall–Kier alpha value is -2.91. The van der Waals surface area contributed by atoms with Gasteiger partial charge in [-0.1, -0.05) is 135 Å². The van der Waals surface area contributed by atoms with Crippen LogP contribution in [0.25, 0.3) is 33.6 Å². The monoisotopic (exact) mass is 639 g/mol. The molecule has 2 nitrogen and oxygen atoms in total. The summed E-state index contributed by atoms with van der Waals surface area (Å²) in [6.45, 7) is 27.3. The number of benzene rings is 3. The van der Waals surface area contributed by atoms with E-state index in [-0.39, 0.29) is 21.7 Å². The summed E-state index contributed by atoms with van der Waals surface area (Å²) < 4.78 is 7.25. The topological polar surface area (TPSA) is 22.1 Å². The zero-order chi connectivity index (χ0) is 32.1. The van der Waals surface area contributed by atoms with Gasteiger partial charge in [0.05, 0.1) is 18.5 Å². The molecule has 3 aromatic carbocycles. The molecule has 0 radical (unpaired) electrons. The Bertz CT molecular complexity index is 1600. The smallest absolute Gasteiger partial charge is 0.131 e. The molecule has 4 rings (SSSR count). The van der Waals surface area contributed by atoms with E-state index >= 15 is 0 Å². The molecule has 0 N–H and O–H groups in total. The maximum atomic E-state index is 6.22. The molecule has 0 atom stereocenters. The zero-order valence-corrected chi connectivity index (χ0v) is 30.2. The van der Waals surface area contributed by atoms with Crippen molar-refractivity contribution in [3.63, 3.8) is 0 Å². The molecular formula is C40H50BrNO. The first-order valence-electron chi connectivity index (χ1n) is 15.4. The fraction of sp³-hybridized carbons (Fsp3) is 0.425. The van der Waals surface area contributed by atoms with Crippen LogP contribution in [0.2, 0.25) is 0 Å². The Kier molecular flexibility index (Phi) is 8.86. The van der Waals surface area contributed by atoms with Crippen molar-refractivity contribution in [3.8, 4) is 39.4 Å². The summed E-state index contributed by atoms with van der Waals surface area (Å²) in [5.41, 5.74) is 11.3. The van der Waals surface area contributed by atoms with E-state index in [1.54, 1.807) is 7.11 Å². The number of hydrogen-bond acceptors (Lipinski definition) is 2. The van der Waals surface area contributed by atoms with Gasteiger partial charge in [0.2, 0.25) is 0 Å². The highest BCUT2D eigenvalue weighted by Crippen LogP contribution is 2.44. The average Bonchev–Trinajstić information content (AvgIpc) is 2.89. The first-order valence-corrected chi connectivity index (χ1v) is 16.2. The van der Waals surface area contributed by atoms with Crippen molar-refractivity contribution in [2.75, 3.05) is 7.11 Å². The molecule has 0 aliphatic carbocycles. The Labute approximate surface area is 269 Å². The molecule has 0 amide bonds. The van der Waals surface area contributed by atoms with Gasteiger partial charge in [-0.15, -0.1) is 0 Å². The number of aromatic nitrogens is 1. The van der Waals surface area contributed by atoms with Gasteiger partial charge in [-0.05, 0) is 79.8 Å². The van der Waals surface area contributed by atoms with Gasteiger partial charge >= 0.3 is 0 Å². The van der Waals surface area contributed by atoms with Gasteiger partial charge in [0, 0.05) is 21.2 Å². The fourth-order valence-electron chi connectivity index (χ4n) is 5.32. The van der Waals surface area contributed by atoms with Gasteiger partial charge < -0.3 is 4.74 Å². The predicted molar refractivity (Wildman–Crippen MR) is 190 cm³/mol. The van der Waals surface area contributed by atoms with Crippen LogP contribution >= 0.6 is 15.9 Å². The second kappa shape index (κ2) is 11.5. The normalized spacial score (nSPS) is 12.9. The lowest BCUT2D eigenvalue weighted by atomic mass is 9.78. The second-order valence-corrected chi connectivity index (χ2v) is 17.0. The van der Waals surface area contributed by atoms with Crippen molar-refractivity contribution in [2.45, 2.75) is 105 Å². The maximum Gasteiger partial charge on any atom is 0.131 e. The first-order chi connectivity index (χ1) is 19.7. The van der Waals surface area contributed by atoms with Crippen LogP contribution in [0.1, 0.15) is 105 Å². The highest BCUT2D eigenvalue weighted by molar-refractivity contribution is 9.10. The third-order valence-corrected chi connectivity index (χ3v) is 8.68. The summed E-state index contributed by atoms with van der Waals surface area (Å²) >= 11 is 3.69. The summed E-state index contributed by atoms with van der Waals surface area (Å²) in [5.74, 6) is 0.893. The van der Waals surface area contributed by atoms with Crippen molar-refractivity contribution in [2.24, 2.45) is 0 Å². The highest BCUT2D eigenvalue weighted by atomic mass is 79.9. The lowest BCUT2D eigenvalue weighted by Gasteiger charge is -2.29. The molecule has 0 saturated heterocycles.